The molecule has 0 aliphatic carbocycles. The minimum absolute atomic E-state index is 0.0100. The summed E-state index contributed by atoms with van der Waals surface area (Å²) in [6, 6.07) is 14.2. The largest absolute Gasteiger partial charge is 0.301 e. The van der Waals surface area contributed by atoms with E-state index in [1.807, 2.05) is 42.7 Å². The molecule has 4 aromatic rings. The topological polar surface area (TPSA) is 116 Å². The van der Waals surface area contributed by atoms with Crippen LogP contribution in [0.3, 0.4) is 0 Å². The number of thiazole rings is 1. The number of carbonyl (C=O) groups excluding carboxylic acids is 1. The number of benzene rings is 2. The van der Waals surface area contributed by atoms with Crippen molar-refractivity contribution in [1.82, 2.24) is 19.7 Å². The van der Waals surface area contributed by atoms with Crippen molar-refractivity contribution in [1.29, 1.82) is 0 Å². The predicted molar refractivity (Wildman–Crippen MR) is 129 cm³/mol. The van der Waals surface area contributed by atoms with Gasteiger partial charge >= 0.3 is 0 Å². The van der Waals surface area contributed by atoms with Gasteiger partial charge in [-0.1, -0.05) is 42.1 Å². The Balaban J connectivity index is 1.47. The highest BCUT2D eigenvalue weighted by atomic mass is 32.2. The highest BCUT2D eigenvalue weighted by molar-refractivity contribution is 8.00. The third-order valence-corrected chi connectivity index (χ3v) is 6.69. The van der Waals surface area contributed by atoms with Gasteiger partial charge in [-0.3, -0.25) is 19.5 Å². The zero-order chi connectivity index (χ0) is 23.5. The number of aromatic nitrogens is 4. The lowest BCUT2D eigenvalue weighted by atomic mass is 10.1. The molecule has 0 fully saturated rings. The maximum absolute atomic E-state index is 12.8. The zero-order valence-electron chi connectivity index (χ0n) is 18.1. The number of anilines is 1. The number of carbonyl (C=O) groups is 1. The molecule has 0 aliphatic heterocycles. The van der Waals surface area contributed by atoms with E-state index in [0.717, 1.165) is 17.1 Å². The van der Waals surface area contributed by atoms with Gasteiger partial charge in [0.05, 0.1) is 21.6 Å². The Morgan fingerprint density at radius 3 is 2.73 bits per heavy atom. The number of nitrogens with zero attached hydrogens (tertiary/aromatic N) is 5. The smallest absolute Gasteiger partial charge is 0.270 e. The fourth-order valence-electron chi connectivity index (χ4n) is 3.17. The zero-order valence-corrected chi connectivity index (χ0v) is 19.7. The number of amides is 1. The molecule has 1 N–H and O–H groups in total. The van der Waals surface area contributed by atoms with Crippen LogP contribution in [0.2, 0.25) is 0 Å². The highest BCUT2D eigenvalue weighted by Gasteiger charge is 2.21. The minimum Gasteiger partial charge on any atom is -0.301 e. The van der Waals surface area contributed by atoms with Gasteiger partial charge in [0.15, 0.2) is 10.3 Å². The van der Waals surface area contributed by atoms with Crippen molar-refractivity contribution in [3.8, 4) is 16.9 Å². The van der Waals surface area contributed by atoms with E-state index in [4.69, 9.17) is 0 Å². The van der Waals surface area contributed by atoms with Crippen molar-refractivity contribution >= 4 is 39.8 Å². The fourth-order valence-corrected chi connectivity index (χ4v) is 4.80. The number of para-hydroxylation sites is 1. The fraction of sp³-hybridized carbons (Fsp3) is 0.182. The summed E-state index contributed by atoms with van der Waals surface area (Å²) in [5.74, 6) is 0.512. The number of hydrogen-bond acceptors (Lipinski definition) is 8. The molecule has 11 heteroatoms. The number of hydrogen-bond donors (Lipinski definition) is 1. The van der Waals surface area contributed by atoms with Crippen molar-refractivity contribution in [2.24, 2.45) is 0 Å². The molecule has 0 radical (unpaired) electrons. The molecule has 0 aliphatic rings. The molecule has 4 rings (SSSR count). The molecule has 33 heavy (non-hydrogen) atoms. The molecule has 0 saturated carbocycles. The van der Waals surface area contributed by atoms with Crippen molar-refractivity contribution < 1.29 is 9.72 Å². The third-order valence-electron chi connectivity index (χ3n) is 4.89. The molecule has 0 spiro atoms. The Morgan fingerprint density at radius 1 is 1.18 bits per heavy atom. The first-order chi connectivity index (χ1) is 15.8. The van der Waals surface area contributed by atoms with Crippen molar-refractivity contribution in [3.05, 3.63) is 75.4 Å². The first-order valence-electron chi connectivity index (χ1n) is 9.99. The van der Waals surface area contributed by atoms with Crippen LogP contribution in [0.1, 0.15) is 18.3 Å². The Bertz CT molecular complexity index is 1330. The first kappa shape index (κ1) is 22.6. The van der Waals surface area contributed by atoms with Gasteiger partial charge in [-0.25, -0.2) is 4.98 Å². The van der Waals surface area contributed by atoms with Crippen molar-refractivity contribution in [2.75, 3.05) is 5.32 Å². The van der Waals surface area contributed by atoms with Gasteiger partial charge < -0.3 is 5.32 Å². The Labute approximate surface area is 198 Å². The number of non-ortho nitro benzene ring substituents is 1. The second kappa shape index (κ2) is 9.51. The number of nitrogens with one attached hydrogen (secondary N) is 1. The second-order valence-corrected chi connectivity index (χ2v) is 9.41. The van der Waals surface area contributed by atoms with Gasteiger partial charge in [0, 0.05) is 23.1 Å². The molecular weight excluding hydrogens is 460 g/mol. The van der Waals surface area contributed by atoms with E-state index in [2.05, 4.69) is 20.5 Å². The number of nitro benzene ring substituents is 1. The van der Waals surface area contributed by atoms with Gasteiger partial charge in [-0.15, -0.1) is 21.5 Å². The van der Waals surface area contributed by atoms with Crippen molar-refractivity contribution in [2.45, 2.75) is 31.2 Å². The normalized spacial score (nSPS) is 11.8. The molecule has 9 nitrogen and oxygen atoms in total. The lowest BCUT2D eigenvalue weighted by molar-refractivity contribution is -0.384. The molecule has 0 bridgehead atoms. The molecule has 0 saturated heterocycles. The molecule has 1 atom stereocenters. The van der Waals surface area contributed by atoms with Gasteiger partial charge in [0.25, 0.3) is 5.69 Å². The van der Waals surface area contributed by atoms with Gasteiger partial charge in [0.2, 0.25) is 5.91 Å². The maximum Gasteiger partial charge on any atom is 0.270 e. The SMILES string of the molecule is Cc1ccccc1-n1c(C)nnc1SC(C)C(=O)Nc1nc(-c2cccc([N+](=O)[O-])c2)cs1. The second-order valence-electron chi connectivity index (χ2n) is 7.25. The molecule has 1 unspecified atom stereocenters. The minimum atomic E-state index is -0.457. The van der Waals surface area contributed by atoms with E-state index >= 15 is 0 Å². The summed E-state index contributed by atoms with van der Waals surface area (Å²) >= 11 is 2.57. The van der Waals surface area contributed by atoms with Crippen LogP contribution in [0.4, 0.5) is 10.8 Å². The van der Waals surface area contributed by atoms with E-state index in [0.29, 0.717) is 21.5 Å². The van der Waals surface area contributed by atoms with E-state index in [9.17, 15) is 14.9 Å². The van der Waals surface area contributed by atoms with Gasteiger partial charge in [0.1, 0.15) is 5.82 Å². The standard InChI is InChI=1S/C22H20N6O3S2/c1-13-7-4-5-10-19(13)27-15(3)25-26-22(27)33-14(2)20(29)24-21-23-18(12-32-21)16-8-6-9-17(11-16)28(30)31/h4-12,14H,1-3H3,(H,23,24,29). The van der Waals surface area contributed by atoms with Crippen LogP contribution in [0.25, 0.3) is 16.9 Å². The summed E-state index contributed by atoms with van der Waals surface area (Å²) in [6.45, 7) is 5.68. The van der Waals surface area contributed by atoms with E-state index in [1.165, 1.54) is 35.2 Å². The lowest BCUT2D eigenvalue weighted by Gasteiger charge is -2.13. The summed E-state index contributed by atoms with van der Waals surface area (Å²) in [6.07, 6.45) is 0. The van der Waals surface area contributed by atoms with Crippen LogP contribution in [0.15, 0.2) is 59.1 Å². The Kier molecular flexibility index (Phi) is 6.52. The van der Waals surface area contributed by atoms with Crippen molar-refractivity contribution in [3.63, 3.8) is 0 Å². The van der Waals surface area contributed by atoms with Gasteiger partial charge in [-0.05, 0) is 32.4 Å². The van der Waals surface area contributed by atoms with E-state index < -0.39 is 10.2 Å². The Morgan fingerprint density at radius 2 is 1.97 bits per heavy atom. The molecule has 168 valence electrons. The summed E-state index contributed by atoms with van der Waals surface area (Å²) in [5.41, 5.74) is 3.22. The summed E-state index contributed by atoms with van der Waals surface area (Å²) in [4.78, 5) is 27.8. The maximum atomic E-state index is 12.8. The Hall–Kier alpha value is -3.57. The average molecular weight is 481 g/mol. The quantitative estimate of drug-likeness (QED) is 0.224. The lowest BCUT2D eigenvalue weighted by Crippen LogP contribution is -2.22. The summed E-state index contributed by atoms with van der Waals surface area (Å²) < 4.78 is 1.94. The average Bonchev–Trinajstić information content (AvgIpc) is 3.41. The molecule has 1 amide bonds. The van der Waals surface area contributed by atoms with Crippen LogP contribution < -0.4 is 5.32 Å². The molecule has 2 aromatic carbocycles. The summed E-state index contributed by atoms with van der Waals surface area (Å²) in [5, 5.41) is 24.6. The van der Waals surface area contributed by atoms with E-state index in [-0.39, 0.29) is 11.6 Å². The number of thioether (sulfide) groups is 1. The highest BCUT2D eigenvalue weighted by Crippen LogP contribution is 2.30. The number of rotatable bonds is 7. The summed E-state index contributed by atoms with van der Waals surface area (Å²) in [7, 11) is 0. The molecule has 2 heterocycles. The van der Waals surface area contributed by atoms with Crippen LogP contribution in [-0.4, -0.2) is 35.8 Å². The molecule has 2 aromatic heterocycles. The monoisotopic (exact) mass is 480 g/mol. The molecular formula is C22H20N6O3S2. The van der Waals surface area contributed by atoms with Crippen LogP contribution in [0, 0.1) is 24.0 Å². The number of aryl methyl sites for hydroxylation is 2. The van der Waals surface area contributed by atoms with Crippen LogP contribution in [-0.2, 0) is 4.79 Å². The van der Waals surface area contributed by atoms with E-state index in [1.54, 1.807) is 24.4 Å². The predicted octanol–water partition coefficient (Wildman–Crippen LogP) is 5.04. The first-order valence-corrected chi connectivity index (χ1v) is 11.8. The third kappa shape index (κ3) is 4.94. The van der Waals surface area contributed by atoms with Crippen LogP contribution in [0.5, 0.6) is 0 Å². The van der Waals surface area contributed by atoms with Gasteiger partial charge in [-0.2, -0.15) is 0 Å². The van der Waals surface area contributed by atoms with Crippen LogP contribution >= 0.6 is 23.1 Å². The number of nitro groups is 1.